The van der Waals surface area contributed by atoms with E-state index >= 15 is 0 Å². The van der Waals surface area contributed by atoms with E-state index in [1.807, 2.05) is 0 Å². The van der Waals surface area contributed by atoms with Gasteiger partial charge in [-0.15, -0.1) is 11.3 Å². The first-order valence-electron chi connectivity index (χ1n) is 9.25. The van der Waals surface area contributed by atoms with Gasteiger partial charge in [-0.3, -0.25) is 0 Å². The Morgan fingerprint density at radius 3 is 2.35 bits per heavy atom. The van der Waals surface area contributed by atoms with Crippen LogP contribution in [0.5, 0.6) is 11.5 Å². The number of benzene rings is 2. The molecule has 0 amide bonds. The molecular formula is C22H20F3NO4S. The fourth-order valence-corrected chi connectivity index (χ4v) is 3.58. The Hall–Kier alpha value is -3.07. The Balaban J connectivity index is 1.70. The lowest BCUT2D eigenvalue weighted by atomic mass is 10.1. The molecule has 0 fully saturated rings. The number of alkyl halides is 3. The highest BCUT2D eigenvalue weighted by atomic mass is 32.1. The number of aryl methyl sites for hydroxylation is 1. The number of ether oxygens (including phenoxy) is 2. The van der Waals surface area contributed by atoms with E-state index in [2.05, 4.69) is 4.98 Å². The fraction of sp³-hybridized carbons (Fsp3) is 0.273. The summed E-state index contributed by atoms with van der Waals surface area (Å²) in [6, 6.07) is 11.5. The molecule has 0 saturated heterocycles. The number of carboxylic acids is 1. The average Bonchev–Trinajstić information content (AvgIpc) is 3.06. The summed E-state index contributed by atoms with van der Waals surface area (Å²) < 4.78 is 49.5. The van der Waals surface area contributed by atoms with Gasteiger partial charge in [0.25, 0.3) is 0 Å². The largest absolute Gasteiger partial charge is 0.488 e. The van der Waals surface area contributed by atoms with Gasteiger partial charge in [-0.05, 0) is 45.0 Å². The van der Waals surface area contributed by atoms with Crippen LogP contribution < -0.4 is 9.47 Å². The van der Waals surface area contributed by atoms with Crippen molar-refractivity contribution in [1.82, 2.24) is 4.98 Å². The number of nitrogens with zero attached hydrogens (tertiary/aromatic N) is 1. The molecule has 3 aromatic rings. The van der Waals surface area contributed by atoms with E-state index in [4.69, 9.17) is 9.47 Å². The molecule has 5 nitrogen and oxygen atoms in total. The highest BCUT2D eigenvalue weighted by Gasteiger charge is 2.30. The van der Waals surface area contributed by atoms with Crippen LogP contribution in [0.25, 0.3) is 10.6 Å². The second-order valence-electron chi connectivity index (χ2n) is 7.28. The number of hydrogen-bond donors (Lipinski definition) is 1. The van der Waals surface area contributed by atoms with Crippen LogP contribution in [-0.2, 0) is 17.6 Å². The van der Waals surface area contributed by atoms with E-state index in [0.717, 1.165) is 22.7 Å². The van der Waals surface area contributed by atoms with Gasteiger partial charge in [0, 0.05) is 11.6 Å². The maximum atomic E-state index is 12.7. The van der Waals surface area contributed by atoms with Crippen molar-refractivity contribution in [2.45, 2.75) is 39.2 Å². The first-order valence-corrected chi connectivity index (χ1v) is 10.1. The van der Waals surface area contributed by atoms with Crippen molar-refractivity contribution in [2.75, 3.05) is 0 Å². The Kier molecular flexibility index (Phi) is 6.26. The molecule has 31 heavy (non-hydrogen) atoms. The molecule has 0 unspecified atom stereocenters. The molecule has 0 saturated carbocycles. The van der Waals surface area contributed by atoms with Gasteiger partial charge in [0.1, 0.15) is 23.1 Å². The molecule has 164 valence electrons. The third-order valence-corrected chi connectivity index (χ3v) is 5.60. The average molecular weight is 451 g/mol. The van der Waals surface area contributed by atoms with Gasteiger partial charge in [0.2, 0.25) is 0 Å². The van der Waals surface area contributed by atoms with Crippen molar-refractivity contribution < 1.29 is 32.5 Å². The monoisotopic (exact) mass is 451 g/mol. The van der Waals surface area contributed by atoms with Crippen LogP contribution in [-0.4, -0.2) is 21.7 Å². The molecule has 1 aromatic heterocycles. The van der Waals surface area contributed by atoms with Gasteiger partial charge in [-0.2, -0.15) is 13.2 Å². The van der Waals surface area contributed by atoms with Crippen molar-refractivity contribution in [2.24, 2.45) is 0 Å². The second-order valence-corrected chi connectivity index (χ2v) is 8.37. The van der Waals surface area contributed by atoms with Gasteiger partial charge in [0.15, 0.2) is 5.60 Å². The maximum absolute atomic E-state index is 12.7. The van der Waals surface area contributed by atoms with Crippen LogP contribution >= 0.6 is 11.3 Å². The molecular weight excluding hydrogens is 431 g/mol. The van der Waals surface area contributed by atoms with E-state index in [1.54, 1.807) is 31.2 Å². The molecule has 2 aromatic carbocycles. The molecule has 3 rings (SSSR count). The van der Waals surface area contributed by atoms with E-state index < -0.39 is 23.3 Å². The van der Waals surface area contributed by atoms with Gasteiger partial charge in [-0.25, -0.2) is 9.78 Å². The van der Waals surface area contributed by atoms with Gasteiger partial charge in [0.05, 0.1) is 16.1 Å². The number of aromatic nitrogens is 1. The summed E-state index contributed by atoms with van der Waals surface area (Å²) >= 11 is 1.34. The summed E-state index contributed by atoms with van der Waals surface area (Å²) in [5, 5.41) is 9.79. The third kappa shape index (κ3) is 5.55. The molecule has 0 spiro atoms. The summed E-state index contributed by atoms with van der Waals surface area (Å²) in [7, 11) is 0. The zero-order chi connectivity index (χ0) is 22.8. The fourth-order valence-electron chi connectivity index (χ4n) is 2.60. The minimum Gasteiger partial charge on any atom is -0.488 e. The van der Waals surface area contributed by atoms with Gasteiger partial charge < -0.3 is 14.6 Å². The molecule has 0 bridgehead atoms. The lowest BCUT2D eigenvalue weighted by molar-refractivity contribution is -0.152. The van der Waals surface area contributed by atoms with Crippen molar-refractivity contribution in [3.8, 4) is 22.1 Å². The van der Waals surface area contributed by atoms with Crippen molar-refractivity contribution >= 4 is 17.3 Å². The van der Waals surface area contributed by atoms with Crippen LogP contribution in [0.4, 0.5) is 13.2 Å². The van der Waals surface area contributed by atoms with Crippen LogP contribution in [0.1, 0.15) is 30.0 Å². The third-order valence-electron chi connectivity index (χ3n) is 4.42. The minimum absolute atomic E-state index is 0.204. The number of rotatable bonds is 7. The second kappa shape index (κ2) is 8.58. The Morgan fingerprint density at radius 2 is 1.74 bits per heavy atom. The normalized spacial score (nSPS) is 11.9. The number of carbonyl (C=O) groups is 1. The minimum atomic E-state index is -4.38. The summed E-state index contributed by atoms with van der Waals surface area (Å²) in [4.78, 5) is 16.5. The summed E-state index contributed by atoms with van der Waals surface area (Å²) in [6.07, 6.45) is -4.38. The lowest BCUT2D eigenvalue weighted by Crippen LogP contribution is -2.37. The van der Waals surface area contributed by atoms with Crippen LogP contribution in [0.3, 0.4) is 0 Å². The highest BCUT2D eigenvalue weighted by Crippen LogP contribution is 2.33. The first-order chi connectivity index (χ1) is 14.5. The van der Waals surface area contributed by atoms with E-state index in [0.29, 0.717) is 22.1 Å². The number of carboxylic acid groups (broad SMARTS) is 1. The Labute approximate surface area is 181 Å². The lowest BCUT2D eigenvalue weighted by Gasteiger charge is -2.21. The summed E-state index contributed by atoms with van der Waals surface area (Å²) in [5.74, 6) is -0.242. The van der Waals surface area contributed by atoms with Crippen LogP contribution in [0.2, 0.25) is 0 Å². The SMILES string of the molecule is Cc1nc(-c2ccc(C(F)(F)F)cc2)sc1COc1cccc(OC(C)(C)C(=O)O)c1. The Morgan fingerprint density at radius 1 is 1.10 bits per heavy atom. The van der Waals surface area contributed by atoms with Gasteiger partial charge >= 0.3 is 12.1 Å². The van der Waals surface area contributed by atoms with E-state index in [9.17, 15) is 23.1 Å². The Bertz CT molecular complexity index is 1080. The number of thiazole rings is 1. The summed E-state index contributed by atoms with van der Waals surface area (Å²) in [6.45, 7) is 4.91. The quantitative estimate of drug-likeness (QED) is 0.480. The maximum Gasteiger partial charge on any atom is 0.416 e. The zero-order valence-corrected chi connectivity index (χ0v) is 17.8. The van der Waals surface area contributed by atoms with Crippen molar-refractivity contribution in [3.63, 3.8) is 0 Å². The molecule has 0 aliphatic carbocycles. The van der Waals surface area contributed by atoms with Gasteiger partial charge in [-0.1, -0.05) is 18.2 Å². The smallest absolute Gasteiger partial charge is 0.416 e. The van der Waals surface area contributed by atoms with E-state index in [-0.39, 0.29) is 6.61 Å². The zero-order valence-electron chi connectivity index (χ0n) is 17.0. The summed E-state index contributed by atoms with van der Waals surface area (Å²) in [5.41, 5.74) is -0.775. The molecule has 0 radical (unpaired) electrons. The molecule has 1 N–H and O–H groups in total. The predicted molar refractivity (Wildman–Crippen MR) is 110 cm³/mol. The van der Waals surface area contributed by atoms with Crippen molar-refractivity contribution in [1.29, 1.82) is 0 Å². The predicted octanol–water partition coefficient (Wildman–Crippen LogP) is 5.96. The van der Waals surface area contributed by atoms with Crippen LogP contribution in [0.15, 0.2) is 48.5 Å². The molecule has 1 heterocycles. The number of halogens is 3. The first kappa shape index (κ1) is 22.6. The molecule has 0 aliphatic heterocycles. The number of aliphatic carboxylic acids is 1. The highest BCUT2D eigenvalue weighted by molar-refractivity contribution is 7.15. The van der Waals surface area contributed by atoms with E-state index in [1.165, 1.54) is 37.3 Å². The van der Waals surface area contributed by atoms with Crippen molar-refractivity contribution in [3.05, 3.63) is 64.7 Å². The molecule has 0 atom stereocenters. The molecule has 9 heteroatoms. The molecule has 0 aliphatic rings. The van der Waals surface area contributed by atoms with Crippen LogP contribution in [0, 0.1) is 6.92 Å². The standard InChI is InChI=1S/C22H20F3NO4S/c1-13-18(31-19(26-13)14-7-9-15(10-8-14)22(23,24)25)12-29-16-5-4-6-17(11-16)30-21(2,3)20(27)28/h4-11H,12H2,1-3H3,(H,27,28). The topological polar surface area (TPSA) is 68.7 Å². The number of hydrogen-bond acceptors (Lipinski definition) is 5.